The quantitative estimate of drug-likeness (QED) is 0.567. The van der Waals surface area contributed by atoms with E-state index in [1.807, 2.05) is 12.1 Å². The van der Waals surface area contributed by atoms with E-state index in [0.717, 1.165) is 16.8 Å². The normalized spacial score (nSPS) is 10.7. The molecule has 0 saturated heterocycles. The highest BCUT2D eigenvalue weighted by Crippen LogP contribution is 2.22. The molecule has 2 aromatic heterocycles. The summed E-state index contributed by atoms with van der Waals surface area (Å²) < 4.78 is 1.73. The van der Waals surface area contributed by atoms with Crippen molar-refractivity contribution in [1.82, 2.24) is 20.0 Å². The van der Waals surface area contributed by atoms with E-state index in [1.54, 1.807) is 29.2 Å². The second-order valence-electron chi connectivity index (χ2n) is 4.91. The third-order valence-electron chi connectivity index (χ3n) is 3.43. The average Bonchev–Trinajstić information content (AvgIpc) is 2.99. The molecule has 3 rings (SSSR count). The van der Waals surface area contributed by atoms with Gasteiger partial charge >= 0.3 is 0 Å². The van der Waals surface area contributed by atoms with Crippen LogP contribution >= 0.6 is 0 Å². The highest BCUT2D eigenvalue weighted by molar-refractivity contribution is 5.61. The van der Waals surface area contributed by atoms with Crippen LogP contribution in [0.2, 0.25) is 0 Å². The van der Waals surface area contributed by atoms with E-state index in [1.165, 1.54) is 12.1 Å². The molecule has 0 aliphatic heterocycles. The Hall–Kier alpha value is -3.13. The lowest BCUT2D eigenvalue weighted by Gasteiger charge is -2.08. The lowest BCUT2D eigenvalue weighted by Crippen LogP contribution is -2.06. The number of aromatic nitrogens is 4. The average molecular weight is 310 g/mol. The van der Waals surface area contributed by atoms with Crippen molar-refractivity contribution in [1.29, 1.82) is 0 Å². The maximum Gasteiger partial charge on any atom is 0.269 e. The minimum absolute atomic E-state index is 0.0596. The Labute approximate surface area is 131 Å². The minimum atomic E-state index is -0.422. The number of benzene rings is 1. The van der Waals surface area contributed by atoms with Crippen molar-refractivity contribution < 1.29 is 4.92 Å². The Morgan fingerprint density at radius 2 is 1.83 bits per heavy atom. The molecule has 0 amide bonds. The second kappa shape index (κ2) is 6.32. The Morgan fingerprint density at radius 3 is 2.43 bits per heavy atom. The fourth-order valence-corrected chi connectivity index (χ4v) is 2.32. The van der Waals surface area contributed by atoms with E-state index < -0.39 is 4.92 Å². The molecule has 2 N–H and O–H groups in total. The largest absolute Gasteiger partial charge is 0.325 e. The fraction of sp³-hybridized carbons (Fsp3) is 0.133. The molecular weight excluding hydrogens is 296 g/mol. The van der Waals surface area contributed by atoms with E-state index in [0.29, 0.717) is 12.2 Å². The minimum Gasteiger partial charge on any atom is -0.325 e. The molecule has 8 nitrogen and oxygen atoms in total. The molecule has 2 heterocycles. The number of rotatable bonds is 5. The van der Waals surface area contributed by atoms with Crippen molar-refractivity contribution in [3.05, 3.63) is 70.2 Å². The molecule has 0 aliphatic rings. The number of non-ortho nitro benzene ring substituents is 1. The lowest BCUT2D eigenvalue weighted by molar-refractivity contribution is -0.384. The number of hydrogen-bond acceptors (Lipinski definition) is 6. The molecule has 8 heteroatoms. The van der Waals surface area contributed by atoms with Crippen LogP contribution in [0.1, 0.15) is 11.3 Å². The van der Waals surface area contributed by atoms with Gasteiger partial charge in [-0.05, 0) is 17.7 Å². The first-order valence-electron chi connectivity index (χ1n) is 6.95. The van der Waals surface area contributed by atoms with E-state index >= 15 is 0 Å². The zero-order chi connectivity index (χ0) is 16.2. The number of nitro groups is 1. The maximum atomic E-state index is 10.7. The number of nitrogens with zero attached hydrogens (tertiary/aromatic N) is 5. The summed E-state index contributed by atoms with van der Waals surface area (Å²) in [6.45, 7) is 0.723. The summed E-state index contributed by atoms with van der Waals surface area (Å²) in [7, 11) is 0. The molecule has 1 aromatic carbocycles. The standard InChI is InChI=1S/C15H14N6O2/c16-9-14-15(12-5-7-17-8-6-12)20(19-18-14)10-11-1-3-13(4-2-11)21(22)23/h1-8H,9-10,16H2. The van der Waals surface area contributed by atoms with Crippen LogP contribution in [-0.2, 0) is 13.1 Å². The Morgan fingerprint density at radius 1 is 1.13 bits per heavy atom. The van der Waals surface area contributed by atoms with Gasteiger partial charge in [0.2, 0.25) is 0 Å². The molecule has 0 unspecified atom stereocenters. The first-order chi connectivity index (χ1) is 11.2. The number of nitro benzene ring substituents is 1. The first kappa shape index (κ1) is 14.8. The van der Waals surface area contributed by atoms with Gasteiger partial charge < -0.3 is 5.73 Å². The molecule has 0 atom stereocenters. The van der Waals surface area contributed by atoms with Crippen LogP contribution in [0.5, 0.6) is 0 Å². The zero-order valence-corrected chi connectivity index (χ0v) is 12.2. The van der Waals surface area contributed by atoms with Crippen LogP contribution in [0, 0.1) is 10.1 Å². The zero-order valence-electron chi connectivity index (χ0n) is 12.2. The fourth-order valence-electron chi connectivity index (χ4n) is 2.32. The summed E-state index contributed by atoms with van der Waals surface area (Å²) in [6, 6.07) is 10.1. The summed E-state index contributed by atoms with van der Waals surface area (Å²) >= 11 is 0. The lowest BCUT2D eigenvalue weighted by atomic mass is 10.1. The van der Waals surface area contributed by atoms with Gasteiger partial charge in [0.1, 0.15) is 5.69 Å². The van der Waals surface area contributed by atoms with Crippen molar-refractivity contribution in [3.63, 3.8) is 0 Å². The number of pyridine rings is 1. The molecule has 23 heavy (non-hydrogen) atoms. The summed E-state index contributed by atoms with van der Waals surface area (Å²) in [5, 5.41) is 19.0. The summed E-state index contributed by atoms with van der Waals surface area (Å²) in [4.78, 5) is 14.3. The van der Waals surface area contributed by atoms with Crippen molar-refractivity contribution >= 4 is 5.69 Å². The van der Waals surface area contributed by atoms with Gasteiger partial charge in [0.05, 0.1) is 17.2 Å². The molecule has 116 valence electrons. The third-order valence-corrected chi connectivity index (χ3v) is 3.43. The SMILES string of the molecule is NCc1nnn(Cc2ccc([N+](=O)[O-])cc2)c1-c1ccncc1. The smallest absolute Gasteiger partial charge is 0.269 e. The van der Waals surface area contributed by atoms with E-state index in [-0.39, 0.29) is 12.2 Å². The van der Waals surface area contributed by atoms with Gasteiger partial charge in [-0.2, -0.15) is 0 Å². The Bertz CT molecular complexity index is 814. The topological polar surface area (TPSA) is 113 Å². The summed E-state index contributed by atoms with van der Waals surface area (Å²) in [6.07, 6.45) is 3.39. The molecule has 0 saturated carbocycles. The first-order valence-corrected chi connectivity index (χ1v) is 6.95. The Balaban J connectivity index is 1.94. The van der Waals surface area contributed by atoms with Crippen molar-refractivity contribution in [2.75, 3.05) is 0 Å². The number of nitrogens with two attached hydrogens (primary N) is 1. The van der Waals surface area contributed by atoms with Crippen LogP contribution in [-0.4, -0.2) is 24.9 Å². The van der Waals surface area contributed by atoms with Gasteiger partial charge in [0.25, 0.3) is 5.69 Å². The monoisotopic (exact) mass is 310 g/mol. The Kier molecular flexibility index (Phi) is 4.07. The van der Waals surface area contributed by atoms with Gasteiger partial charge in [0.15, 0.2) is 0 Å². The molecule has 0 aliphatic carbocycles. The van der Waals surface area contributed by atoms with Crippen molar-refractivity contribution in [2.24, 2.45) is 5.73 Å². The van der Waals surface area contributed by atoms with Gasteiger partial charge in [-0.25, -0.2) is 4.68 Å². The summed E-state index contributed by atoms with van der Waals surface area (Å²) in [5.41, 5.74) is 9.13. The van der Waals surface area contributed by atoms with Gasteiger partial charge in [-0.3, -0.25) is 15.1 Å². The maximum absolute atomic E-state index is 10.7. The molecule has 0 radical (unpaired) electrons. The van der Waals surface area contributed by atoms with Crippen LogP contribution < -0.4 is 5.73 Å². The molecular formula is C15H14N6O2. The molecule has 0 fully saturated rings. The molecule has 0 spiro atoms. The van der Waals surface area contributed by atoms with Crippen molar-refractivity contribution in [3.8, 4) is 11.3 Å². The van der Waals surface area contributed by atoms with Crippen LogP contribution in [0.25, 0.3) is 11.3 Å². The predicted molar refractivity (Wildman–Crippen MR) is 83.3 cm³/mol. The van der Waals surface area contributed by atoms with Gasteiger partial charge in [-0.1, -0.05) is 17.3 Å². The highest BCUT2D eigenvalue weighted by Gasteiger charge is 2.14. The van der Waals surface area contributed by atoms with E-state index in [4.69, 9.17) is 5.73 Å². The van der Waals surface area contributed by atoms with Crippen molar-refractivity contribution in [2.45, 2.75) is 13.1 Å². The molecule has 3 aromatic rings. The summed E-state index contributed by atoms with van der Waals surface area (Å²) in [5.74, 6) is 0. The van der Waals surface area contributed by atoms with Crippen LogP contribution in [0.4, 0.5) is 5.69 Å². The highest BCUT2D eigenvalue weighted by atomic mass is 16.6. The predicted octanol–water partition coefficient (Wildman–Crippen LogP) is 1.76. The number of hydrogen-bond donors (Lipinski definition) is 1. The van der Waals surface area contributed by atoms with Gasteiger partial charge in [-0.15, -0.1) is 5.10 Å². The van der Waals surface area contributed by atoms with Crippen LogP contribution in [0.15, 0.2) is 48.8 Å². The third kappa shape index (κ3) is 3.06. The second-order valence-corrected chi connectivity index (χ2v) is 4.91. The van der Waals surface area contributed by atoms with E-state index in [2.05, 4.69) is 15.3 Å². The van der Waals surface area contributed by atoms with Gasteiger partial charge in [0, 0.05) is 36.6 Å². The molecule has 0 bridgehead atoms. The van der Waals surface area contributed by atoms with Crippen LogP contribution in [0.3, 0.4) is 0 Å². The van der Waals surface area contributed by atoms with E-state index in [9.17, 15) is 10.1 Å².